The van der Waals surface area contributed by atoms with Gasteiger partial charge < -0.3 is 30.2 Å². The Bertz CT molecular complexity index is 2000. The van der Waals surface area contributed by atoms with Crippen molar-refractivity contribution in [2.45, 2.75) is 31.0 Å². The number of rotatable bonds is 7. The molecule has 3 aromatic rings. The number of primary amides is 1. The Balaban J connectivity index is 1.19. The van der Waals surface area contributed by atoms with Crippen molar-refractivity contribution in [3.05, 3.63) is 65.2 Å². The van der Waals surface area contributed by atoms with E-state index in [1.165, 1.54) is 11.0 Å². The van der Waals surface area contributed by atoms with Crippen molar-refractivity contribution in [2.75, 3.05) is 64.2 Å². The maximum absolute atomic E-state index is 14.4. The van der Waals surface area contributed by atoms with E-state index in [1.54, 1.807) is 63.4 Å². The quantitative estimate of drug-likeness (QED) is 0.302. The van der Waals surface area contributed by atoms with Gasteiger partial charge >= 0.3 is 0 Å². The largest absolute Gasteiger partial charge is 0.506 e. The van der Waals surface area contributed by atoms with Crippen LogP contribution in [0.2, 0.25) is 0 Å². The van der Waals surface area contributed by atoms with Crippen LogP contribution in [0.1, 0.15) is 28.1 Å². The highest BCUT2D eigenvalue weighted by Gasteiger charge is 2.69. The number of phenolic OH excluding ortho intramolecular Hbond substituents is 1. The standard InChI is InChI=1S/C38H42FN5O8/c1-41(2)26-17-22(27-10-9-20(52-27)18-43-11-13-44(14-12-43)25-8-6-5-7-24(25)39)32(45)29-21(26)15-19-16-23-31(42(3)4)34(47)30(37(40)50)36(49)38(23,51)35(48)28(19)33(29)46/h5-10,17,19,23,28,30-31,45,51H,11-16,18H2,1-4H3,(H2,40,50)/t19-,23-,28?,30?,31?,38-/m0/s1. The zero-order valence-corrected chi connectivity index (χ0v) is 29.5. The lowest BCUT2D eigenvalue weighted by molar-refractivity contribution is -0.181. The predicted octanol–water partition coefficient (Wildman–Crippen LogP) is 1.65. The summed E-state index contributed by atoms with van der Waals surface area (Å²) in [6, 6.07) is 10.7. The van der Waals surface area contributed by atoms with Gasteiger partial charge in [-0.3, -0.25) is 33.8 Å². The number of hydrogen-bond acceptors (Lipinski definition) is 12. The van der Waals surface area contributed by atoms with Crippen molar-refractivity contribution in [3.63, 3.8) is 0 Å². The number of fused-ring (bicyclic) bond motifs is 3. The maximum Gasteiger partial charge on any atom is 0.235 e. The van der Waals surface area contributed by atoms with Crippen molar-refractivity contribution < 1.29 is 43.0 Å². The van der Waals surface area contributed by atoms with Crippen LogP contribution in [0, 0.1) is 29.5 Å². The Hall–Kier alpha value is -4.92. The van der Waals surface area contributed by atoms with Gasteiger partial charge in [0.05, 0.1) is 35.3 Å². The van der Waals surface area contributed by atoms with Crippen molar-refractivity contribution in [3.8, 4) is 17.1 Å². The summed E-state index contributed by atoms with van der Waals surface area (Å²) in [6.07, 6.45) is 0.116. The monoisotopic (exact) mass is 715 g/mol. The number of para-hydroxylation sites is 1. The van der Waals surface area contributed by atoms with Crippen LogP contribution in [0.5, 0.6) is 5.75 Å². The molecule has 6 atom stereocenters. The third-order valence-corrected chi connectivity index (χ3v) is 11.4. The number of carbonyl (C=O) groups is 5. The summed E-state index contributed by atoms with van der Waals surface area (Å²) in [4.78, 5) is 75.4. The molecule has 1 aromatic heterocycles. The van der Waals surface area contributed by atoms with Gasteiger partial charge in [0.2, 0.25) is 5.91 Å². The SMILES string of the molecule is CN(C)c1cc(-c2ccc(CN3CCN(c4ccccc4F)CC3)o2)c(O)c2c1C[C@H]1C[C@H]3C(N(C)C)C(=O)C(C(N)=O)C(=O)[C@@]3(O)C(=O)C1C2=O. The van der Waals surface area contributed by atoms with Gasteiger partial charge in [-0.2, -0.15) is 0 Å². The molecule has 3 fully saturated rings. The summed E-state index contributed by atoms with van der Waals surface area (Å²) in [5.41, 5.74) is 4.43. The zero-order chi connectivity index (χ0) is 37.4. The summed E-state index contributed by atoms with van der Waals surface area (Å²) in [5, 5.41) is 23.7. The molecule has 0 radical (unpaired) electrons. The first-order valence-electron chi connectivity index (χ1n) is 17.4. The van der Waals surface area contributed by atoms with Crippen LogP contribution in [0.4, 0.5) is 15.8 Å². The molecule has 1 saturated heterocycles. The van der Waals surface area contributed by atoms with E-state index in [1.807, 2.05) is 11.0 Å². The van der Waals surface area contributed by atoms with Gasteiger partial charge in [-0.25, -0.2) is 4.39 Å². The van der Waals surface area contributed by atoms with E-state index in [-0.39, 0.29) is 29.8 Å². The number of halogens is 1. The molecule has 2 heterocycles. The molecule has 4 aliphatic rings. The fourth-order valence-corrected chi connectivity index (χ4v) is 8.92. The van der Waals surface area contributed by atoms with Gasteiger partial charge in [0, 0.05) is 51.9 Å². The molecule has 1 aliphatic heterocycles. The number of phenols is 1. The Morgan fingerprint density at radius 2 is 1.71 bits per heavy atom. The second kappa shape index (κ2) is 12.9. The lowest BCUT2D eigenvalue weighted by Gasteiger charge is -2.52. The Labute approximate surface area is 299 Å². The summed E-state index contributed by atoms with van der Waals surface area (Å²) < 4.78 is 20.5. The molecule has 1 amide bonds. The van der Waals surface area contributed by atoms with Gasteiger partial charge in [0.15, 0.2) is 34.7 Å². The second-order valence-electron chi connectivity index (χ2n) is 14.8. The summed E-state index contributed by atoms with van der Waals surface area (Å²) >= 11 is 0. The third-order valence-electron chi connectivity index (χ3n) is 11.4. The average Bonchev–Trinajstić information content (AvgIpc) is 3.54. The molecule has 4 N–H and O–H groups in total. The first kappa shape index (κ1) is 35.5. The molecule has 274 valence electrons. The molecule has 7 rings (SSSR count). The fraction of sp³-hybridized carbons (Fsp3) is 0.447. The van der Waals surface area contributed by atoms with E-state index in [9.17, 15) is 38.6 Å². The van der Waals surface area contributed by atoms with Crippen LogP contribution in [-0.4, -0.2) is 115 Å². The number of aromatic hydroxyl groups is 1. The van der Waals surface area contributed by atoms with Crippen LogP contribution in [0.3, 0.4) is 0 Å². The van der Waals surface area contributed by atoms with E-state index in [2.05, 4.69) is 4.90 Å². The van der Waals surface area contributed by atoms with Crippen molar-refractivity contribution >= 4 is 40.4 Å². The molecule has 0 spiro atoms. The lowest BCUT2D eigenvalue weighted by Crippen LogP contribution is -2.74. The number of Topliss-reactive ketones (excluding diaryl/α,β-unsaturated/α-hetero) is 4. The summed E-state index contributed by atoms with van der Waals surface area (Å²) in [7, 11) is 6.67. The normalized spacial score (nSPS) is 27.8. The van der Waals surface area contributed by atoms with Crippen molar-refractivity contribution in [2.24, 2.45) is 29.4 Å². The Kier molecular flexibility index (Phi) is 8.83. The second-order valence-corrected chi connectivity index (χ2v) is 14.8. The summed E-state index contributed by atoms with van der Waals surface area (Å²) in [6.45, 7) is 3.07. The number of piperazine rings is 1. The molecule has 0 bridgehead atoms. The first-order valence-corrected chi connectivity index (χ1v) is 17.4. The van der Waals surface area contributed by atoms with Crippen LogP contribution in [0.15, 0.2) is 46.9 Å². The molecular formula is C38H42FN5O8. The number of nitrogens with zero attached hydrogens (tertiary/aromatic N) is 4. The van der Waals surface area contributed by atoms with Gasteiger partial charge in [-0.1, -0.05) is 12.1 Å². The Morgan fingerprint density at radius 1 is 1.02 bits per heavy atom. The van der Waals surface area contributed by atoms with Gasteiger partial charge in [-0.15, -0.1) is 0 Å². The smallest absolute Gasteiger partial charge is 0.235 e. The average molecular weight is 716 g/mol. The highest BCUT2D eigenvalue weighted by Crippen LogP contribution is 2.53. The molecule has 3 aliphatic carbocycles. The number of furan rings is 1. The first-order chi connectivity index (χ1) is 24.6. The third kappa shape index (κ3) is 5.42. The number of likely N-dealkylation sites (N-methyl/N-ethyl adjacent to an activating group) is 1. The zero-order valence-electron chi connectivity index (χ0n) is 29.5. The molecule has 52 heavy (non-hydrogen) atoms. The van der Waals surface area contributed by atoms with E-state index in [4.69, 9.17) is 10.2 Å². The highest BCUT2D eigenvalue weighted by atomic mass is 19.1. The fourth-order valence-electron chi connectivity index (χ4n) is 8.92. The highest BCUT2D eigenvalue weighted by molar-refractivity contribution is 6.32. The maximum atomic E-state index is 14.4. The minimum Gasteiger partial charge on any atom is -0.506 e. The van der Waals surface area contributed by atoms with Crippen molar-refractivity contribution in [1.82, 2.24) is 9.80 Å². The van der Waals surface area contributed by atoms with Crippen LogP contribution >= 0.6 is 0 Å². The molecular weight excluding hydrogens is 673 g/mol. The van der Waals surface area contributed by atoms with E-state index >= 15 is 0 Å². The summed E-state index contributed by atoms with van der Waals surface area (Å²) in [5.74, 6) is -10.4. The number of benzene rings is 2. The molecule has 14 heteroatoms. The van der Waals surface area contributed by atoms with Gasteiger partial charge in [0.1, 0.15) is 23.1 Å². The number of ketones is 4. The Morgan fingerprint density at radius 3 is 2.35 bits per heavy atom. The molecule has 2 aromatic carbocycles. The number of amides is 1. The lowest BCUT2D eigenvalue weighted by atomic mass is 9.52. The molecule has 13 nitrogen and oxygen atoms in total. The minimum absolute atomic E-state index is 0.0324. The van der Waals surface area contributed by atoms with Crippen LogP contribution < -0.4 is 15.5 Å². The van der Waals surface area contributed by atoms with E-state index in [0.29, 0.717) is 61.2 Å². The van der Waals surface area contributed by atoms with E-state index < -0.39 is 70.1 Å². The predicted molar refractivity (Wildman–Crippen MR) is 187 cm³/mol. The minimum atomic E-state index is -2.80. The number of nitrogens with two attached hydrogens (primary N) is 1. The number of aliphatic hydroxyl groups is 1. The van der Waals surface area contributed by atoms with Gasteiger partial charge in [0.25, 0.3) is 0 Å². The van der Waals surface area contributed by atoms with Crippen LogP contribution in [-0.2, 0) is 32.1 Å². The van der Waals surface area contributed by atoms with Crippen LogP contribution in [0.25, 0.3) is 11.3 Å². The topological polar surface area (TPSA) is 178 Å². The number of carbonyl (C=O) groups excluding carboxylic acids is 5. The van der Waals surface area contributed by atoms with E-state index in [0.717, 1.165) is 0 Å². The number of hydrogen-bond donors (Lipinski definition) is 3. The van der Waals surface area contributed by atoms with Gasteiger partial charge in [-0.05, 0) is 68.8 Å². The number of anilines is 2. The molecule has 2 saturated carbocycles. The van der Waals surface area contributed by atoms with Crippen molar-refractivity contribution in [1.29, 1.82) is 0 Å². The molecule has 3 unspecified atom stereocenters.